The van der Waals surface area contributed by atoms with E-state index in [0.717, 1.165) is 56.1 Å². The third kappa shape index (κ3) is 7.71. The molecule has 13 heteroatoms. The lowest BCUT2D eigenvalue weighted by atomic mass is 9.99. The number of β-amino-alcohol motifs (C(OH)–C–C–N with tert-alkyl or cyclic N) is 1. The van der Waals surface area contributed by atoms with Crippen LogP contribution in [0.5, 0.6) is 5.75 Å². The molecule has 0 saturated carbocycles. The number of ether oxygens (including phenoxy) is 1. The fourth-order valence-corrected chi connectivity index (χ4v) is 6.01. The second-order valence-electron chi connectivity index (χ2n) is 12.2. The lowest BCUT2D eigenvalue weighted by molar-refractivity contribution is -0.132. The summed E-state index contributed by atoms with van der Waals surface area (Å²) >= 11 is 0. The fraction of sp³-hybridized carbons (Fsp3) is 0.531. The Labute approximate surface area is 263 Å². The Hall–Kier alpha value is -4.23. The number of amides is 2. The number of hydrogen-bond donors (Lipinski definition) is 3. The van der Waals surface area contributed by atoms with Gasteiger partial charge in [-0.05, 0) is 55.9 Å². The van der Waals surface area contributed by atoms with E-state index in [1.54, 1.807) is 17.9 Å². The van der Waals surface area contributed by atoms with Crippen LogP contribution in [0.4, 0.5) is 11.8 Å². The standard InChI is InChI=1S/C32H42N8O5/c1-21-29(45-20-34-21)19-44-27-7-6-24-15-38(11-8-23(24)12-27)18-26(42)14-33-31(43)28-13-30(35-25-16-40(17-25)22(2)41)37-32(36-28)39-9-4-3-5-10-39/h6-7,12-13,20,25-26,42H,3-5,8-11,14-19H2,1-2H3,(H,33,43)(H,35,36,37). The van der Waals surface area contributed by atoms with E-state index >= 15 is 0 Å². The molecule has 6 rings (SSSR count). The Bertz CT molecular complexity index is 1500. The van der Waals surface area contributed by atoms with E-state index in [0.29, 0.717) is 44.6 Å². The molecule has 3 aliphatic heterocycles. The molecule has 2 aromatic heterocycles. The Kier molecular flexibility index (Phi) is 9.45. The maximum absolute atomic E-state index is 13.2. The number of anilines is 2. The number of piperidine rings is 1. The summed E-state index contributed by atoms with van der Waals surface area (Å²) in [5.74, 6) is 2.30. The number of aryl methyl sites for hydroxylation is 1. The SMILES string of the molecule is CC(=O)N1CC(Nc2cc(C(=O)NCC(O)CN3CCc4cc(OCc5ocnc5C)ccc4C3)nc(N3CCCCC3)n2)C1. The predicted octanol–water partition coefficient (Wildman–Crippen LogP) is 2.13. The Morgan fingerprint density at radius 2 is 1.93 bits per heavy atom. The molecule has 45 heavy (non-hydrogen) atoms. The molecule has 240 valence electrons. The van der Waals surface area contributed by atoms with Gasteiger partial charge < -0.3 is 34.7 Å². The molecule has 3 aromatic rings. The highest BCUT2D eigenvalue weighted by atomic mass is 16.5. The van der Waals surface area contributed by atoms with Gasteiger partial charge in [-0.2, -0.15) is 4.98 Å². The maximum atomic E-state index is 13.2. The van der Waals surface area contributed by atoms with E-state index < -0.39 is 6.10 Å². The number of carbonyl (C=O) groups is 2. The molecule has 0 spiro atoms. The normalized spacial score (nSPS) is 17.8. The summed E-state index contributed by atoms with van der Waals surface area (Å²) in [5, 5.41) is 17.1. The molecular formula is C32H42N8O5. The number of nitrogens with zero attached hydrogens (tertiary/aromatic N) is 6. The van der Waals surface area contributed by atoms with Crippen molar-refractivity contribution in [3.63, 3.8) is 0 Å². The maximum Gasteiger partial charge on any atom is 0.270 e. The minimum Gasteiger partial charge on any atom is -0.486 e. The van der Waals surface area contributed by atoms with Crippen molar-refractivity contribution in [2.24, 2.45) is 0 Å². The lowest BCUT2D eigenvalue weighted by Crippen LogP contribution is -2.56. The number of oxazole rings is 1. The molecule has 5 heterocycles. The number of benzene rings is 1. The number of aliphatic hydroxyl groups excluding tert-OH is 1. The van der Waals surface area contributed by atoms with Crippen LogP contribution in [0.2, 0.25) is 0 Å². The van der Waals surface area contributed by atoms with E-state index in [9.17, 15) is 14.7 Å². The number of fused-ring (bicyclic) bond motifs is 1. The number of likely N-dealkylation sites (tertiary alicyclic amines) is 1. The van der Waals surface area contributed by atoms with Gasteiger partial charge in [-0.1, -0.05) is 6.07 Å². The molecule has 1 aromatic carbocycles. The quantitative estimate of drug-likeness (QED) is 0.290. The van der Waals surface area contributed by atoms with E-state index in [4.69, 9.17) is 14.1 Å². The Morgan fingerprint density at radius 3 is 2.69 bits per heavy atom. The highest BCUT2D eigenvalue weighted by Gasteiger charge is 2.29. The van der Waals surface area contributed by atoms with Gasteiger partial charge in [0.1, 0.15) is 23.9 Å². The van der Waals surface area contributed by atoms with E-state index in [1.807, 2.05) is 13.0 Å². The van der Waals surface area contributed by atoms with Crippen LogP contribution in [0, 0.1) is 6.92 Å². The molecule has 3 aliphatic rings. The molecule has 0 bridgehead atoms. The summed E-state index contributed by atoms with van der Waals surface area (Å²) in [4.78, 5) is 44.3. The van der Waals surface area contributed by atoms with Gasteiger partial charge >= 0.3 is 0 Å². The van der Waals surface area contributed by atoms with Crippen molar-refractivity contribution in [3.05, 3.63) is 58.9 Å². The molecule has 1 unspecified atom stereocenters. The minimum atomic E-state index is -0.739. The summed E-state index contributed by atoms with van der Waals surface area (Å²) in [7, 11) is 0. The number of hydrogen-bond acceptors (Lipinski definition) is 11. The zero-order valence-electron chi connectivity index (χ0n) is 26.0. The highest BCUT2D eigenvalue weighted by molar-refractivity contribution is 5.93. The van der Waals surface area contributed by atoms with Gasteiger partial charge in [0.05, 0.1) is 17.8 Å². The third-order valence-corrected chi connectivity index (χ3v) is 8.72. The van der Waals surface area contributed by atoms with Gasteiger partial charge in [-0.25, -0.2) is 9.97 Å². The highest BCUT2D eigenvalue weighted by Crippen LogP contribution is 2.25. The van der Waals surface area contributed by atoms with E-state index in [-0.39, 0.29) is 30.1 Å². The summed E-state index contributed by atoms with van der Waals surface area (Å²) < 4.78 is 11.3. The van der Waals surface area contributed by atoms with Gasteiger partial charge in [-0.3, -0.25) is 14.5 Å². The number of carbonyl (C=O) groups excluding carboxylic acids is 2. The van der Waals surface area contributed by atoms with Crippen LogP contribution in [-0.4, -0.2) is 99.6 Å². The second kappa shape index (κ2) is 13.8. The number of aromatic nitrogens is 3. The summed E-state index contributed by atoms with van der Waals surface area (Å²) in [6.45, 7) is 8.74. The van der Waals surface area contributed by atoms with E-state index in [1.165, 1.54) is 23.9 Å². The van der Waals surface area contributed by atoms with E-state index in [2.05, 4.69) is 42.5 Å². The molecule has 2 fully saturated rings. The summed E-state index contributed by atoms with van der Waals surface area (Å²) in [6, 6.07) is 7.83. The monoisotopic (exact) mass is 618 g/mol. The van der Waals surface area contributed by atoms with Crippen LogP contribution in [0.25, 0.3) is 0 Å². The Morgan fingerprint density at radius 1 is 1.11 bits per heavy atom. The predicted molar refractivity (Wildman–Crippen MR) is 167 cm³/mol. The van der Waals surface area contributed by atoms with Crippen LogP contribution in [0.15, 0.2) is 35.1 Å². The summed E-state index contributed by atoms with van der Waals surface area (Å²) in [6.07, 6.45) is 4.82. The van der Waals surface area contributed by atoms with Crippen LogP contribution in [-0.2, 0) is 24.4 Å². The topological polar surface area (TPSA) is 149 Å². The minimum absolute atomic E-state index is 0.0473. The van der Waals surface area contributed by atoms with Crippen molar-refractivity contribution in [1.82, 2.24) is 30.1 Å². The van der Waals surface area contributed by atoms with Gasteiger partial charge in [0.2, 0.25) is 11.9 Å². The molecule has 13 nitrogen and oxygen atoms in total. The average Bonchev–Trinajstić information content (AvgIpc) is 3.44. The van der Waals surface area contributed by atoms with Crippen LogP contribution >= 0.6 is 0 Å². The fourth-order valence-electron chi connectivity index (χ4n) is 6.01. The summed E-state index contributed by atoms with van der Waals surface area (Å²) in [5.41, 5.74) is 3.51. The molecule has 1 atom stereocenters. The van der Waals surface area contributed by atoms with Gasteiger partial charge in [0, 0.05) is 65.3 Å². The van der Waals surface area contributed by atoms with Crippen molar-refractivity contribution in [3.8, 4) is 5.75 Å². The number of rotatable bonds is 11. The van der Waals surface area contributed by atoms with Gasteiger partial charge in [0.25, 0.3) is 5.91 Å². The number of nitrogens with one attached hydrogen (secondary N) is 2. The van der Waals surface area contributed by atoms with Crippen molar-refractivity contribution in [2.75, 3.05) is 56.0 Å². The van der Waals surface area contributed by atoms with Gasteiger partial charge in [0.15, 0.2) is 12.2 Å². The number of aliphatic hydroxyl groups is 1. The van der Waals surface area contributed by atoms with Crippen LogP contribution < -0.4 is 20.3 Å². The zero-order chi connectivity index (χ0) is 31.3. The van der Waals surface area contributed by atoms with Gasteiger partial charge in [-0.15, -0.1) is 0 Å². The first-order valence-corrected chi connectivity index (χ1v) is 15.8. The molecule has 3 N–H and O–H groups in total. The molecular weight excluding hydrogens is 576 g/mol. The van der Waals surface area contributed by atoms with Crippen LogP contribution in [0.1, 0.15) is 59.3 Å². The smallest absolute Gasteiger partial charge is 0.270 e. The zero-order valence-corrected chi connectivity index (χ0v) is 26.0. The van der Waals surface area contributed by atoms with Crippen molar-refractivity contribution in [1.29, 1.82) is 0 Å². The third-order valence-electron chi connectivity index (χ3n) is 8.72. The lowest BCUT2D eigenvalue weighted by Gasteiger charge is -2.39. The average molecular weight is 619 g/mol. The molecule has 2 saturated heterocycles. The first kappa shape index (κ1) is 30.8. The van der Waals surface area contributed by atoms with Crippen LogP contribution in [0.3, 0.4) is 0 Å². The molecule has 2 amide bonds. The Balaban J connectivity index is 1.02. The molecule has 0 aliphatic carbocycles. The largest absolute Gasteiger partial charge is 0.486 e. The first-order chi connectivity index (χ1) is 21.8. The molecule has 0 radical (unpaired) electrons. The first-order valence-electron chi connectivity index (χ1n) is 15.8. The second-order valence-corrected chi connectivity index (χ2v) is 12.2. The van der Waals surface area contributed by atoms with Crippen molar-refractivity contribution < 1.29 is 23.8 Å². The van der Waals surface area contributed by atoms with Crippen molar-refractivity contribution in [2.45, 2.75) is 64.8 Å². The van der Waals surface area contributed by atoms with Crippen molar-refractivity contribution >= 4 is 23.6 Å².